The summed E-state index contributed by atoms with van der Waals surface area (Å²) in [7, 11) is 0. The Balaban J connectivity index is 2.19. The second-order valence-corrected chi connectivity index (χ2v) is 5.26. The molecule has 1 aliphatic rings. The summed E-state index contributed by atoms with van der Waals surface area (Å²) in [4.78, 5) is 0. The molecule has 0 spiro atoms. The Labute approximate surface area is 120 Å². The minimum absolute atomic E-state index is 0.220. The Hall–Kier alpha value is -1.53. The SMILES string of the molecule is CCC1CCCCC1Oc1ccc(F)cc1C#CCN. The van der Waals surface area contributed by atoms with E-state index in [-0.39, 0.29) is 18.5 Å². The van der Waals surface area contributed by atoms with Crippen LogP contribution in [0.5, 0.6) is 5.75 Å². The Morgan fingerprint density at radius 3 is 2.90 bits per heavy atom. The lowest BCUT2D eigenvalue weighted by atomic mass is 9.84. The van der Waals surface area contributed by atoms with Crippen molar-refractivity contribution in [2.24, 2.45) is 11.7 Å². The van der Waals surface area contributed by atoms with Crippen LogP contribution in [0.15, 0.2) is 18.2 Å². The summed E-state index contributed by atoms with van der Waals surface area (Å²) in [6.45, 7) is 2.46. The Morgan fingerprint density at radius 2 is 2.15 bits per heavy atom. The Bertz CT molecular complexity index is 503. The third-order valence-corrected chi connectivity index (χ3v) is 3.91. The van der Waals surface area contributed by atoms with Crippen LogP contribution in [0.3, 0.4) is 0 Å². The maximum atomic E-state index is 13.3. The van der Waals surface area contributed by atoms with Gasteiger partial charge in [-0.05, 0) is 49.8 Å². The highest BCUT2D eigenvalue weighted by atomic mass is 19.1. The van der Waals surface area contributed by atoms with Crippen LogP contribution >= 0.6 is 0 Å². The van der Waals surface area contributed by atoms with Gasteiger partial charge in [0.05, 0.1) is 12.1 Å². The molecule has 0 radical (unpaired) electrons. The molecule has 0 amide bonds. The van der Waals surface area contributed by atoms with E-state index in [0.717, 1.165) is 12.8 Å². The van der Waals surface area contributed by atoms with Crippen molar-refractivity contribution in [3.8, 4) is 17.6 Å². The van der Waals surface area contributed by atoms with E-state index in [1.165, 1.54) is 31.4 Å². The van der Waals surface area contributed by atoms with E-state index in [2.05, 4.69) is 18.8 Å². The monoisotopic (exact) mass is 275 g/mol. The fourth-order valence-corrected chi connectivity index (χ4v) is 2.81. The lowest BCUT2D eigenvalue weighted by Gasteiger charge is -2.31. The average Bonchev–Trinajstić information content (AvgIpc) is 2.48. The van der Waals surface area contributed by atoms with Crippen LogP contribution in [-0.4, -0.2) is 12.6 Å². The zero-order valence-electron chi connectivity index (χ0n) is 12.0. The molecule has 1 aromatic rings. The molecule has 2 unspecified atom stereocenters. The topological polar surface area (TPSA) is 35.2 Å². The van der Waals surface area contributed by atoms with Crippen molar-refractivity contribution in [2.45, 2.75) is 45.1 Å². The molecule has 108 valence electrons. The number of rotatable bonds is 3. The van der Waals surface area contributed by atoms with E-state index in [1.807, 2.05) is 0 Å². The fraction of sp³-hybridized carbons (Fsp3) is 0.529. The quantitative estimate of drug-likeness (QED) is 0.857. The summed E-state index contributed by atoms with van der Waals surface area (Å²) in [5.74, 6) is 6.63. The molecule has 1 aliphatic carbocycles. The smallest absolute Gasteiger partial charge is 0.135 e. The van der Waals surface area contributed by atoms with Gasteiger partial charge in [-0.15, -0.1) is 0 Å². The predicted molar refractivity (Wildman–Crippen MR) is 79.0 cm³/mol. The normalized spacial score (nSPS) is 21.9. The van der Waals surface area contributed by atoms with Gasteiger partial charge in [0.1, 0.15) is 17.7 Å². The van der Waals surface area contributed by atoms with Gasteiger partial charge in [-0.1, -0.05) is 25.2 Å². The van der Waals surface area contributed by atoms with Crippen LogP contribution in [0.25, 0.3) is 0 Å². The molecular formula is C17H22FNO. The molecule has 0 heterocycles. The van der Waals surface area contributed by atoms with Crippen LogP contribution in [0.4, 0.5) is 4.39 Å². The van der Waals surface area contributed by atoms with Crippen molar-refractivity contribution in [3.63, 3.8) is 0 Å². The molecule has 1 saturated carbocycles. The maximum absolute atomic E-state index is 13.3. The minimum atomic E-state index is -0.297. The van der Waals surface area contributed by atoms with Crippen LogP contribution in [-0.2, 0) is 0 Å². The van der Waals surface area contributed by atoms with Gasteiger partial charge in [-0.2, -0.15) is 0 Å². The van der Waals surface area contributed by atoms with Crippen molar-refractivity contribution in [3.05, 3.63) is 29.6 Å². The molecule has 2 nitrogen and oxygen atoms in total. The zero-order chi connectivity index (χ0) is 14.4. The molecule has 0 saturated heterocycles. The van der Waals surface area contributed by atoms with E-state index >= 15 is 0 Å². The van der Waals surface area contributed by atoms with Gasteiger partial charge >= 0.3 is 0 Å². The number of benzene rings is 1. The molecule has 0 aliphatic heterocycles. The molecule has 2 atom stereocenters. The van der Waals surface area contributed by atoms with Crippen molar-refractivity contribution in [2.75, 3.05) is 6.54 Å². The average molecular weight is 275 g/mol. The standard InChI is InChI=1S/C17H22FNO/c1-2-13-6-3-4-8-16(13)20-17-10-9-15(18)12-14(17)7-5-11-19/h9-10,12-13,16H,2-4,6,8,11,19H2,1H3. The van der Waals surface area contributed by atoms with Crippen molar-refractivity contribution < 1.29 is 9.13 Å². The molecule has 3 heteroatoms. The van der Waals surface area contributed by atoms with Crippen LogP contribution in [0.2, 0.25) is 0 Å². The Morgan fingerprint density at radius 1 is 1.35 bits per heavy atom. The first-order valence-electron chi connectivity index (χ1n) is 7.39. The third-order valence-electron chi connectivity index (χ3n) is 3.91. The molecule has 2 N–H and O–H groups in total. The molecule has 20 heavy (non-hydrogen) atoms. The number of hydrogen-bond donors (Lipinski definition) is 1. The van der Waals surface area contributed by atoms with E-state index < -0.39 is 0 Å². The first kappa shape index (κ1) is 14.9. The largest absolute Gasteiger partial charge is 0.489 e. The highest BCUT2D eigenvalue weighted by Crippen LogP contribution is 2.31. The molecule has 2 rings (SSSR count). The van der Waals surface area contributed by atoms with Gasteiger partial charge in [-0.25, -0.2) is 4.39 Å². The van der Waals surface area contributed by atoms with Gasteiger partial charge in [0, 0.05) is 0 Å². The first-order valence-corrected chi connectivity index (χ1v) is 7.39. The van der Waals surface area contributed by atoms with E-state index in [1.54, 1.807) is 6.07 Å². The summed E-state index contributed by atoms with van der Waals surface area (Å²) in [5, 5.41) is 0. The van der Waals surface area contributed by atoms with E-state index in [4.69, 9.17) is 10.5 Å². The third kappa shape index (κ3) is 3.74. The summed E-state index contributed by atoms with van der Waals surface area (Å²) in [6, 6.07) is 4.52. The van der Waals surface area contributed by atoms with E-state index in [0.29, 0.717) is 17.2 Å². The summed E-state index contributed by atoms with van der Waals surface area (Å²) >= 11 is 0. The Kier molecular flexibility index (Phi) is 5.43. The van der Waals surface area contributed by atoms with Crippen LogP contribution < -0.4 is 10.5 Å². The van der Waals surface area contributed by atoms with Crippen molar-refractivity contribution in [1.82, 2.24) is 0 Å². The minimum Gasteiger partial charge on any atom is -0.489 e. The molecule has 0 aromatic heterocycles. The number of ether oxygens (including phenoxy) is 1. The van der Waals surface area contributed by atoms with Gasteiger partial charge in [0.25, 0.3) is 0 Å². The second kappa shape index (κ2) is 7.31. The molecular weight excluding hydrogens is 253 g/mol. The van der Waals surface area contributed by atoms with Gasteiger partial charge < -0.3 is 10.5 Å². The van der Waals surface area contributed by atoms with Gasteiger partial charge in [0.2, 0.25) is 0 Å². The highest BCUT2D eigenvalue weighted by Gasteiger charge is 2.25. The zero-order valence-corrected chi connectivity index (χ0v) is 12.0. The van der Waals surface area contributed by atoms with E-state index in [9.17, 15) is 4.39 Å². The number of halogens is 1. The van der Waals surface area contributed by atoms with Gasteiger partial charge in [-0.3, -0.25) is 0 Å². The van der Waals surface area contributed by atoms with Crippen LogP contribution in [0, 0.1) is 23.6 Å². The number of nitrogens with two attached hydrogens (primary N) is 1. The molecule has 0 bridgehead atoms. The predicted octanol–water partition coefficient (Wildman–Crippen LogP) is 3.48. The lowest BCUT2D eigenvalue weighted by Crippen LogP contribution is -2.30. The summed E-state index contributed by atoms with van der Waals surface area (Å²) in [5.41, 5.74) is 5.98. The fourth-order valence-electron chi connectivity index (χ4n) is 2.81. The highest BCUT2D eigenvalue weighted by molar-refractivity contribution is 5.46. The van der Waals surface area contributed by atoms with Crippen molar-refractivity contribution >= 4 is 0 Å². The van der Waals surface area contributed by atoms with Crippen molar-refractivity contribution in [1.29, 1.82) is 0 Å². The molecule has 1 aromatic carbocycles. The van der Waals surface area contributed by atoms with Gasteiger partial charge in [0.15, 0.2) is 0 Å². The maximum Gasteiger partial charge on any atom is 0.135 e. The summed E-state index contributed by atoms with van der Waals surface area (Å²) < 4.78 is 19.5. The van der Waals surface area contributed by atoms with Crippen LogP contribution in [0.1, 0.15) is 44.6 Å². The molecule has 1 fully saturated rings. The number of hydrogen-bond acceptors (Lipinski definition) is 2. The summed E-state index contributed by atoms with van der Waals surface area (Å²) in [6.07, 6.45) is 6.10. The second-order valence-electron chi connectivity index (χ2n) is 5.26. The lowest BCUT2D eigenvalue weighted by molar-refractivity contribution is 0.0900. The first-order chi connectivity index (χ1) is 9.74.